The molecule has 0 radical (unpaired) electrons. The summed E-state index contributed by atoms with van der Waals surface area (Å²) in [4.78, 5) is 12.3. The Labute approximate surface area is 156 Å². The monoisotopic (exact) mass is 354 g/mol. The Bertz CT molecular complexity index is 753. The molecule has 2 aromatic rings. The van der Waals surface area contributed by atoms with Gasteiger partial charge in [-0.05, 0) is 67.7 Å². The van der Waals surface area contributed by atoms with Gasteiger partial charge in [-0.15, -0.1) is 0 Å². The molecule has 0 saturated carbocycles. The number of nitrogens with zero attached hydrogens (tertiary/aromatic N) is 1. The molecule has 1 aromatic heterocycles. The maximum Gasteiger partial charge on any atom is 0.224 e. The first-order valence-corrected chi connectivity index (χ1v) is 9.69. The van der Waals surface area contributed by atoms with Crippen molar-refractivity contribution in [3.63, 3.8) is 0 Å². The fraction of sp³-hybridized carbons (Fsp3) is 0.545. The smallest absolute Gasteiger partial charge is 0.224 e. The van der Waals surface area contributed by atoms with Gasteiger partial charge in [0.15, 0.2) is 5.76 Å². The molecule has 4 heteroatoms. The lowest BCUT2D eigenvalue weighted by atomic mass is 9.84. The molecule has 26 heavy (non-hydrogen) atoms. The quantitative estimate of drug-likeness (QED) is 0.758. The molecule has 0 fully saturated rings. The topological polar surface area (TPSA) is 55.1 Å². The van der Waals surface area contributed by atoms with Gasteiger partial charge in [-0.25, -0.2) is 0 Å². The third-order valence-electron chi connectivity index (χ3n) is 4.89. The number of rotatable bonds is 5. The third kappa shape index (κ3) is 4.75. The zero-order valence-electron chi connectivity index (χ0n) is 16.4. The van der Waals surface area contributed by atoms with E-state index in [0.29, 0.717) is 12.3 Å². The molecule has 1 aliphatic carbocycles. The fourth-order valence-electron chi connectivity index (χ4n) is 3.97. The van der Waals surface area contributed by atoms with Gasteiger partial charge in [0.05, 0.1) is 5.69 Å². The van der Waals surface area contributed by atoms with Crippen LogP contribution < -0.4 is 5.32 Å². The number of anilines is 1. The summed E-state index contributed by atoms with van der Waals surface area (Å²) in [5, 5.41) is 7.23. The first-order chi connectivity index (χ1) is 12.3. The van der Waals surface area contributed by atoms with Crippen LogP contribution in [0.3, 0.4) is 0 Å². The van der Waals surface area contributed by atoms with E-state index in [2.05, 4.69) is 38.2 Å². The van der Waals surface area contributed by atoms with Gasteiger partial charge in [0.2, 0.25) is 5.91 Å². The Morgan fingerprint density at radius 2 is 1.88 bits per heavy atom. The van der Waals surface area contributed by atoms with Crippen LogP contribution in [0.2, 0.25) is 0 Å². The number of hydrogen-bond donors (Lipinski definition) is 1. The number of amides is 1. The molecular formula is C22H30N2O2. The highest BCUT2D eigenvalue weighted by molar-refractivity contribution is 5.91. The largest absolute Gasteiger partial charge is 0.356 e. The molecule has 0 unspecified atom stereocenters. The summed E-state index contributed by atoms with van der Waals surface area (Å²) in [7, 11) is 0. The van der Waals surface area contributed by atoms with Crippen molar-refractivity contribution < 1.29 is 9.32 Å². The van der Waals surface area contributed by atoms with Gasteiger partial charge in [0.1, 0.15) is 0 Å². The van der Waals surface area contributed by atoms with E-state index in [4.69, 9.17) is 4.52 Å². The predicted octanol–water partition coefficient (Wildman–Crippen LogP) is 5.62. The molecule has 0 saturated heterocycles. The maximum absolute atomic E-state index is 12.3. The number of nitrogens with one attached hydrogen (secondary N) is 1. The van der Waals surface area contributed by atoms with E-state index in [1.54, 1.807) is 0 Å². The van der Waals surface area contributed by atoms with E-state index in [1.807, 2.05) is 24.3 Å². The molecule has 1 heterocycles. The summed E-state index contributed by atoms with van der Waals surface area (Å²) < 4.78 is 5.59. The second-order valence-corrected chi connectivity index (χ2v) is 8.84. The first kappa shape index (κ1) is 18.7. The summed E-state index contributed by atoms with van der Waals surface area (Å²) in [6.07, 6.45) is 6.03. The van der Waals surface area contributed by atoms with Gasteiger partial charge in [-0.1, -0.05) is 32.9 Å². The summed E-state index contributed by atoms with van der Waals surface area (Å²) in [5.74, 6) is 1.33. The number of fused-ring (bicyclic) bond motifs is 1. The van der Waals surface area contributed by atoms with E-state index < -0.39 is 0 Å². The zero-order chi connectivity index (χ0) is 18.7. The average molecular weight is 354 g/mol. The van der Waals surface area contributed by atoms with Gasteiger partial charge in [-0.2, -0.15) is 0 Å². The molecule has 1 aromatic carbocycles. The molecule has 0 aliphatic heterocycles. The Morgan fingerprint density at radius 1 is 1.19 bits per heavy atom. The number of carbonyl (C=O) groups excluding carboxylic acids is 1. The predicted molar refractivity (Wildman–Crippen MR) is 105 cm³/mol. The Morgan fingerprint density at radius 3 is 2.58 bits per heavy atom. The van der Waals surface area contributed by atoms with E-state index in [1.165, 1.54) is 18.4 Å². The van der Waals surface area contributed by atoms with Crippen LogP contribution in [0.1, 0.15) is 64.6 Å². The lowest BCUT2D eigenvalue weighted by Gasteiger charge is -2.22. The Kier molecular flexibility index (Phi) is 5.49. The number of benzene rings is 1. The van der Waals surface area contributed by atoms with Gasteiger partial charge >= 0.3 is 0 Å². The van der Waals surface area contributed by atoms with Crippen molar-refractivity contribution in [3.8, 4) is 11.3 Å². The van der Waals surface area contributed by atoms with Crippen LogP contribution in [0.15, 0.2) is 28.8 Å². The van der Waals surface area contributed by atoms with Crippen LogP contribution in [0.25, 0.3) is 11.3 Å². The van der Waals surface area contributed by atoms with Crippen LogP contribution >= 0.6 is 0 Å². The maximum atomic E-state index is 12.3. The number of carbonyl (C=O) groups is 1. The van der Waals surface area contributed by atoms with E-state index in [9.17, 15) is 4.79 Å². The summed E-state index contributed by atoms with van der Waals surface area (Å²) in [5.41, 5.74) is 4.47. The van der Waals surface area contributed by atoms with Gasteiger partial charge in [0.25, 0.3) is 0 Å². The second-order valence-electron chi connectivity index (χ2n) is 8.84. The minimum atomic E-state index is 0.0755. The van der Waals surface area contributed by atoms with Crippen LogP contribution in [-0.4, -0.2) is 11.1 Å². The van der Waals surface area contributed by atoms with Gasteiger partial charge < -0.3 is 9.84 Å². The van der Waals surface area contributed by atoms with Crippen molar-refractivity contribution >= 4 is 11.6 Å². The molecule has 140 valence electrons. The first-order valence-electron chi connectivity index (χ1n) is 9.69. The van der Waals surface area contributed by atoms with Crippen molar-refractivity contribution in [1.82, 2.24) is 5.16 Å². The minimum Gasteiger partial charge on any atom is -0.356 e. The molecular weight excluding hydrogens is 324 g/mol. The summed E-state index contributed by atoms with van der Waals surface area (Å²) in [6.45, 7) is 8.77. The van der Waals surface area contributed by atoms with Gasteiger partial charge in [0, 0.05) is 23.2 Å². The molecule has 1 N–H and O–H groups in total. The van der Waals surface area contributed by atoms with Crippen molar-refractivity contribution in [1.29, 1.82) is 0 Å². The van der Waals surface area contributed by atoms with Crippen molar-refractivity contribution in [2.45, 2.75) is 66.2 Å². The Balaban J connectivity index is 1.61. The normalized spacial score (nSPS) is 15.4. The van der Waals surface area contributed by atoms with Crippen LogP contribution in [-0.2, 0) is 17.6 Å². The van der Waals surface area contributed by atoms with Gasteiger partial charge in [-0.3, -0.25) is 4.79 Å². The van der Waals surface area contributed by atoms with Crippen molar-refractivity contribution in [2.24, 2.45) is 11.3 Å². The number of hydrogen-bond acceptors (Lipinski definition) is 3. The Hall–Kier alpha value is -2.10. The van der Waals surface area contributed by atoms with Crippen molar-refractivity contribution in [3.05, 3.63) is 35.5 Å². The number of aryl methyl sites for hydroxylation is 1. The second kappa shape index (κ2) is 7.65. The molecule has 3 rings (SSSR count). The molecule has 1 atom stereocenters. The molecule has 0 spiro atoms. The number of aromatic nitrogens is 1. The van der Waals surface area contributed by atoms with E-state index in [-0.39, 0.29) is 11.3 Å². The van der Waals surface area contributed by atoms with E-state index in [0.717, 1.165) is 42.0 Å². The minimum absolute atomic E-state index is 0.0755. The van der Waals surface area contributed by atoms with Crippen LogP contribution in [0.4, 0.5) is 5.69 Å². The lowest BCUT2D eigenvalue weighted by Crippen LogP contribution is -2.18. The fourth-order valence-corrected chi connectivity index (χ4v) is 3.97. The summed E-state index contributed by atoms with van der Waals surface area (Å²) in [6, 6.07) is 7.89. The van der Waals surface area contributed by atoms with Crippen LogP contribution in [0.5, 0.6) is 0 Å². The standard InChI is InChI=1S/C22H30N2O2/c1-15(14-22(2,3)4)13-20(25)23-17-11-9-16(10-12-17)21-18-7-5-6-8-19(18)24-26-21/h9-12,15H,5-8,13-14H2,1-4H3,(H,23,25)/t15-/m0/s1. The molecule has 4 nitrogen and oxygen atoms in total. The molecule has 1 aliphatic rings. The van der Waals surface area contributed by atoms with E-state index >= 15 is 0 Å². The van der Waals surface area contributed by atoms with Crippen molar-refractivity contribution in [2.75, 3.05) is 5.32 Å². The molecule has 0 bridgehead atoms. The highest BCUT2D eigenvalue weighted by Gasteiger charge is 2.21. The molecule has 1 amide bonds. The zero-order valence-corrected chi connectivity index (χ0v) is 16.4. The highest BCUT2D eigenvalue weighted by Crippen LogP contribution is 2.32. The summed E-state index contributed by atoms with van der Waals surface area (Å²) >= 11 is 0. The third-order valence-corrected chi connectivity index (χ3v) is 4.89. The lowest BCUT2D eigenvalue weighted by molar-refractivity contribution is -0.117. The average Bonchev–Trinajstić information content (AvgIpc) is 2.97. The van der Waals surface area contributed by atoms with Crippen LogP contribution in [0, 0.1) is 11.3 Å². The SMILES string of the molecule is C[C@@H](CC(=O)Nc1ccc(-c2onc3c2CCCC3)cc1)CC(C)(C)C. The highest BCUT2D eigenvalue weighted by atomic mass is 16.5.